The summed E-state index contributed by atoms with van der Waals surface area (Å²) in [7, 11) is -0.446. The van der Waals surface area contributed by atoms with Gasteiger partial charge in [-0.1, -0.05) is 233 Å². The van der Waals surface area contributed by atoms with Gasteiger partial charge in [-0.15, -0.1) is 0 Å². The van der Waals surface area contributed by atoms with Crippen molar-refractivity contribution in [3.63, 3.8) is 0 Å². The molecule has 39 nitrogen and oxygen atoms in total. The van der Waals surface area contributed by atoms with Crippen LogP contribution in [-0.4, -0.2) is 190 Å². The third-order valence-corrected chi connectivity index (χ3v) is 24.7. The van der Waals surface area contributed by atoms with E-state index in [4.69, 9.17) is 52.9 Å². The summed E-state index contributed by atoms with van der Waals surface area (Å²) in [6.07, 6.45) is -6.58. The third-order valence-electron chi connectivity index (χ3n) is 19.4. The van der Waals surface area contributed by atoms with Crippen LogP contribution in [0.25, 0.3) is 10.4 Å². The fourth-order valence-corrected chi connectivity index (χ4v) is 18.5. The molecule has 0 amide bonds. The molecule has 4 aromatic carbocycles. The minimum Gasteiger partial charge on any atom is -0.469 e. The quantitative estimate of drug-likeness (QED) is 0.00939. The molecule has 7 aliphatic rings. The van der Waals surface area contributed by atoms with Gasteiger partial charge in [-0.2, -0.15) is 0 Å². The van der Waals surface area contributed by atoms with E-state index in [1.54, 1.807) is 51.1 Å². The number of hydrogen-bond acceptors (Lipinski definition) is 27. The number of aliphatic hydroxyl groups excluding tert-OH is 5. The number of alkyl halides is 3. The van der Waals surface area contributed by atoms with Crippen LogP contribution >= 0.6 is 113 Å². The summed E-state index contributed by atoms with van der Waals surface area (Å²) in [4.78, 5) is 140. The SMILES string of the molecule is C.C.C.C.C.C=C1O[C@@H](n2ccc(=O)[nH]c2=O)C(O)[C@@H]1O.CC1(C)OC2[C@H](n3ccc(=O)[nH]c3=O)O[C@H](CI)[C@H]2O1.CC1(C)OC2[C@H](n3ccc(=O)[nH]c3=O)O[C@H](CO)[C@H]2O1.C[C@H]1[C@@H](OC(=O)c2ccccc2)[C@H](n2ccc(=O)[nH]c2=O)O[C@@]1(CI)N=[N+]=[N-].II.O=c1ccn([C@@H]2O[C@H](CI)[C@@H](O)C2O)c(=O)[nH]1.c1ccc(P(c2ccccc2)c2ccccc2)cc1. The topological polar surface area (TPSA) is 534 Å². The highest BCUT2D eigenvalue weighted by Crippen LogP contribution is 2.47. The summed E-state index contributed by atoms with van der Waals surface area (Å²) in [6, 6.07) is 46.6. The number of aromatic amines is 5. The molecule has 7 aliphatic heterocycles. The Kier molecular flexibility index (Phi) is 42.7. The first-order valence-electron chi connectivity index (χ1n) is 36.9. The number of H-pyrrole nitrogens is 5. The van der Waals surface area contributed by atoms with E-state index < -0.39 is 179 Å². The van der Waals surface area contributed by atoms with Crippen LogP contribution < -0.4 is 72.2 Å². The zero-order chi connectivity index (χ0) is 88.7. The van der Waals surface area contributed by atoms with Crippen LogP contribution in [-0.2, 0) is 47.4 Å². The van der Waals surface area contributed by atoms with Crippen LogP contribution in [0.5, 0.6) is 0 Å². The standard InChI is InChI=1S/C18H15P.C17H16IN5O5.C12H15IN2O5.C12H16N2O6.C9H11IN2O5.C9H10N2O5.5CH4.I2/c1-4-10-16(11-5-1)19(17-12-6-2-7-13-17)18-14-8-3-9-15-18;1-10-13(27-15(25)11-5-3-2-4-6-11)14(28-17(10,9-18)21-22-19)23-8-7-12(24)20-16(23)26;1-12(2)19-8-6(5-13)18-10(9(8)20-12)15-4-3-7(16)14-11(15)17;1-12(2)19-8-6(5-15)18-10(9(8)20-12)14-4-3-7(16)13-11(14)17;10-3-4-6(14)7(15)8(17-4)12-2-1-5(13)11-9(12)16;1-4-6(13)7(14)8(16-4)11-3-2-5(12)10-9(11)15;;;;;;1-2/h1-15H;2-8,10,13-14H,9H2,1H3,(H,20,24,26);3-4,6,8-10H,5H2,1-2H3,(H,14,16,17);3-4,6,8-10,15H,5H2,1-2H3,(H,13,16,17);1-2,4,6-8,14-15H,3H2,(H,11,13,16);2-3,6-8,13-14H,1H2,(H,10,12,15);5*1H4;/t;10-,13+,14+,17+;2*6-,8-,9?,10-;4-,6-,7?,8-;6-,7?,8-;;;;;;/m.01111....../s1. The number of rotatable bonds is 15. The molecule has 0 aliphatic carbocycles. The second kappa shape index (κ2) is 49.4. The number of carbonyl (C=O) groups is 1. The van der Waals surface area contributed by atoms with Gasteiger partial charge in [0.1, 0.15) is 60.7 Å². The molecule has 127 heavy (non-hydrogen) atoms. The highest BCUT2D eigenvalue weighted by atomic mass is 128. The van der Waals surface area contributed by atoms with Crippen molar-refractivity contribution in [3.05, 3.63) is 315 Å². The normalized spacial score (nSPS) is 26.6. The van der Waals surface area contributed by atoms with Gasteiger partial charge in [0.25, 0.3) is 27.8 Å². The molecule has 692 valence electrons. The van der Waals surface area contributed by atoms with Crippen molar-refractivity contribution in [1.29, 1.82) is 0 Å². The Hall–Kier alpha value is -7.84. The van der Waals surface area contributed by atoms with Gasteiger partial charge >= 0.3 is 34.4 Å². The maximum Gasteiger partial charge on any atom is 0.338 e. The predicted molar refractivity (Wildman–Crippen MR) is 517 cm³/mol. The van der Waals surface area contributed by atoms with E-state index in [1.807, 2.05) is 64.0 Å². The smallest absolute Gasteiger partial charge is 0.338 e. The van der Waals surface area contributed by atoms with Gasteiger partial charge in [-0.25, -0.2) is 28.8 Å². The largest absolute Gasteiger partial charge is 0.469 e. The second-order valence-corrected chi connectivity index (χ2v) is 33.1. The third kappa shape index (κ3) is 26.5. The van der Waals surface area contributed by atoms with Gasteiger partial charge in [0, 0.05) is 123 Å². The number of halogens is 5. The first-order chi connectivity index (χ1) is 58.2. The summed E-state index contributed by atoms with van der Waals surface area (Å²) >= 11 is 10.5. The first-order valence-corrected chi connectivity index (χ1v) is 49.2. The lowest BCUT2D eigenvalue weighted by atomic mass is 9.96. The van der Waals surface area contributed by atoms with Crippen LogP contribution in [0.15, 0.2) is 248 Å². The highest BCUT2D eigenvalue weighted by Gasteiger charge is 2.58. The minimum absolute atomic E-state index is 0. The Bertz CT molecular complexity index is 5540. The lowest BCUT2D eigenvalue weighted by molar-refractivity contribution is -0.200. The Morgan fingerprint density at radius 1 is 0.472 bits per heavy atom. The zero-order valence-electron chi connectivity index (χ0n) is 65.0. The van der Waals surface area contributed by atoms with Crippen molar-refractivity contribution in [3.8, 4) is 0 Å². The molecule has 4 unspecified atom stereocenters. The molecule has 0 radical (unpaired) electrons. The Balaban J connectivity index is 0.000000269. The van der Waals surface area contributed by atoms with Crippen LogP contribution in [0.1, 0.15) is 113 Å². The summed E-state index contributed by atoms with van der Waals surface area (Å²) in [5.74, 6) is -2.69. The van der Waals surface area contributed by atoms with E-state index in [0.717, 1.165) is 36.3 Å². The van der Waals surface area contributed by atoms with E-state index in [1.165, 1.54) is 68.2 Å². The van der Waals surface area contributed by atoms with E-state index in [0.29, 0.717) is 9.99 Å². The maximum absolute atomic E-state index is 12.6. The van der Waals surface area contributed by atoms with E-state index in [-0.39, 0.29) is 72.2 Å². The van der Waals surface area contributed by atoms with E-state index in [9.17, 15) is 78.3 Å². The molecule has 0 saturated carbocycles. The van der Waals surface area contributed by atoms with Gasteiger partial charge in [-0.05, 0) is 69.2 Å². The molecule has 16 rings (SSSR count). The Morgan fingerprint density at radius 3 is 1.13 bits per heavy atom. The minimum atomic E-state index is -1.32. The van der Waals surface area contributed by atoms with Crippen LogP contribution in [0.3, 0.4) is 0 Å². The van der Waals surface area contributed by atoms with Gasteiger partial charge in [0.05, 0.1) is 24.4 Å². The van der Waals surface area contributed by atoms with Crippen LogP contribution in [0.2, 0.25) is 0 Å². The number of aliphatic hydroxyl groups is 5. The molecule has 45 heteroatoms. The van der Waals surface area contributed by atoms with E-state index >= 15 is 0 Å². The molecule has 7 fully saturated rings. The number of azide groups is 1. The fourth-order valence-electron chi connectivity index (χ4n) is 13.7. The Labute approximate surface area is 792 Å². The summed E-state index contributed by atoms with van der Waals surface area (Å²) in [6.45, 7) is 12.0. The molecule has 19 atom stereocenters. The number of nitrogens with zero attached hydrogens (tertiary/aromatic N) is 8. The van der Waals surface area contributed by atoms with Crippen molar-refractivity contribution < 1.29 is 77.7 Å². The van der Waals surface area contributed by atoms with Crippen molar-refractivity contribution in [2.45, 2.75) is 193 Å². The summed E-state index contributed by atoms with van der Waals surface area (Å²) < 4.78 is 63.9. The number of hydrogen-bond donors (Lipinski definition) is 10. The average molecular weight is 2350 g/mol. The van der Waals surface area contributed by atoms with E-state index in [2.05, 4.69) is 187 Å². The van der Waals surface area contributed by atoms with Crippen molar-refractivity contribution >= 4 is 135 Å². The fraction of sp³-hybridized carbons (Fsp3) is 0.427. The Morgan fingerprint density at radius 2 is 0.803 bits per heavy atom. The van der Waals surface area contributed by atoms with Gasteiger partial charge in [0.15, 0.2) is 48.3 Å². The van der Waals surface area contributed by atoms with Crippen molar-refractivity contribution in [2.24, 2.45) is 11.0 Å². The molecular formula is C82H103I5N13O26P. The van der Waals surface area contributed by atoms with Gasteiger partial charge in [0.2, 0.25) is 6.23 Å². The molecular weight excluding hydrogens is 2250 g/mol. The lowest BCUT2D eigenvalue weighted by Crippen LogP contribution is -2.38. The molecule has 0 spiro atoms. The van der Waals surface area contributed by atoms with Gasteiger partial charge in [-0.3, -0.25) is 71.7 Å². The molecule has 5 aromatic heterocycles. The molecule has 12 heterocycles. The number of ether oxygens (including phenoxy) is 10. The number of carbonyl (C=O) groups excluding carboxylic acids is 1. The average Bonchev–Trinajstić information content (AvgIpc) is 1.61. The number of nitrogens with one attached hydrogen (secondary N) is 5. The number of aromatic nitrogens is 10. The predicted octanol–water partition coefficient (Wildman–Crippen LogP) is 6.99. The lowest BCUT2D eigenvalue weighted by Gasteiger charge is -2.25. The monoisotopic (exact) mass is 2350 g/mol. The van der Waals surface area contributed by atoms with Crippen molar-refractivity contribution in [2.75, 3.05) is 19.9 Å². The van der Waals surface area contributed by atoms with Crippen LogP contribution in [0, 0.1) is 5.92 Å². The first kappa shape index (κ1) is 110. The second-order valence-electron chi connectivity index (χ2n) is 28.3. The molecule has 0 bridgehead atoms. The number of benzene rings is 4. The highest BCUT2D eigenvalue weighted by molar-refractivity contribution is 15.0. The number of esters is 1. The maximum atomic E-state index is 12.6. The van der Waals surface area contributed by atoms with Crippen molar-refractivity contribution in [1.82, 2.24) is 47.8 Å². The zero-order valence-corrected chi connectivity index (χ0v) is 76.7. The van der Waals surface area contributed by atoms with Crippen LogP contribution in [0.4, 0.5) is 0 Å². The molecule has 9 aromatic rings. The molecule has 7 saturated heterocycles. The molecule has 10 N–H and O–H groups in total. The summed E-state index contributed by atoms with van der Waals surface area (Å²) in [5, 5.41) is 55.7. The number of fused-ring (bicyclic) bond motifs is 2. The van der Waals surface area contributed by atoms with Gasteiger partial charge < -0.3 is 72.9 Å². The summed E-state index contributed by atoms with van der Waals surface area (Å²) in [5.41, 5.74) is 2.21.